The van der Waals surface area contributed by atoms with Gasteiger partial charge in [-0.25, -0.2) is 8.42 Å². The Labute approximate surface area is 258 Å². The van der Waals surface area contributed by atoms with Crippen LogP contribution in [0.5, 0.6) is 0 Å². The molecule has 5 rings (SSSR count). The summed E-state index contributed by atoms with van der Waals surface area (Å²) in [5.41, 5.74) is 1.64. The van der Waals surface area contributed by atoms with E-state index in [1.165, 1.54) is 68.4 Å². The molecule has 1 aliphatic rings. The number of hydrogen-bond acceptors (Lipinski definition) is 9. The zero-order chi connectivity index (χ0) is 29.0. The van der Waals surface area contributed by atoms with Crippen LogP contribution in [0.2, 0.25) is 0 Å². The first-order valence-electron chi connectivity index (χ1n) is 11.8. The Kier molecular flexibility index (Phi) is 8.31. The molecule has 0 bridgehead atoms. The number of carbonyl (C=O) groups excluding carboxylic acids is 2. The van der Waals surface area contributed by atoms with Crippen molar-refractivity contribution in [1.82, 2.24) is 0 Å². The molecule has 0 fully saturated rings. The van der Waals surface area contributed by atoms with Crippen molar-refractivity contribution in [3.63, 3.8) is 0 Å². The molecule has 0 radical (unpaired) electrons. The van der Waals surface area contributed by atoms with Gasteiger partial charge < -0.3 is 15.2 Å². The molecule has 41 heavy (non-hydrogen) atoms. The van der Waals surface area contributed by atoms with Crippen molar-refractivity contribution < 1.29 is 65.1 Å². The van der Waals surface area contributed by atoms with Gasteiger partial charge in [0.15, 0.2) is 11.6 Å². The molecule has 204 valence electrons. The number of carbonyl (C=O) groups is 2. The van der Waals surface area contributed by atoms with Crippen molar-refractivity contribution in [2.24, 2.45) is 0 Å². The summed E-state index contributed by atoms with van der Waals surface area (Å²) >= 11 is 0. The maximum Gasteiger partial charge on any atom is 1.00 e. The summed E-state index contributed by atoms with van der Waals surface area (Å²) in [5.74, 6) is -0.933. The fourth-order valence-corrected chi connectivity index (χ4v) is 6.25. The molecule has 0 aliphatic heterocycles. The minimum absolute atomic E-state index is 0. The molecule has 0 saturated heterocycles. The largest absolute Gasteiger partial charge is 1.00 e. The molecule has 13 heteroatoms. The fourth-order valence-electron chi connectivity index (χ4n) is 4.77. The van der Waals surface area contributed by atoms with E-state index >= 15 is 0 Å². The molecule has 0 saturated carbocycles. The molecule has 0 amide bonds. The van der Waals surface area contributed by atoms with Gasteiger partial charge >= 0.3 is 29.6 Å². The molecule has 0 heterocycles. The second kappa shape index (κ2) is 11.1. The first-order valence-corrected chi connectivity index (χ1v) is 14.7. The average Bonchev–Trinajstić information content (AvgIpc) is 2.89. The van der Waals surface area contributed by atoms with Gasteiger partial charge in [-0.1, -0.05) is 36.4 Å². The molecule has 0 unspecified atom stereocenters. The maximum atomic E-state index is 13.8. The van der Waals surface area contributed by atoms with Crippen LogP contribution in [0.25, 0.3) is 0 Å². The molecule has 0 aromatic heterocycles. The van der Waals surface area contributed by atoms with Gasteiger partial charge in [0.1, 0.15) is 10.1 Å². The van der Waals surface area contributed by atoms with Gasteiger partial charge in [-0.05, 0) is 61.4 Å². The smallest absolute Gasteiger partial charge is 0.744 e. The van der Waals surface area contributed by atoms with Crippen LogP contribution in [0.3, 0.4) is 0 Å². The Balaban J connectivity index is 0.00000387. The van der Waals surface area contributed by atoms with Crippen LogP contribution in [-0.4, -0.2) is 37.5 Å². The Hall–Kier alpha value is -3.36. The summed E-state index contributed by atoms with van der Waals surface area (Å²) in [6, 6.07) is 17.7. The Bertz CT molecular complexity index is 1830. The standard InChI is InChI=1S/C28H22N2O8S2.Na/c1-15-19(9-5-11-23(15)39(33,34)35)29-21-13-14-22(30-20-10-6-12-24(16(20)2)40(36,37)38)26-25(21)27(31)17-7-3-4-8-18(17)28(26)32;/h3-14,29-30H,1-2H3,(H,33,34,35)(H,36,37,38);/q;+1/p-1. The summed E-state index contributed by atoms with van der Waals surface area (Å²) in [5, 5.41) is 6.04. The second-order valence-corrected chi connectivity index (χ2v) is 11.9. The van der Waals surface area contributed by atoms with E-state index in [1.54, 1.807) is 18.2 Å². The third kappa shape index (κ3) is 5.60. The SMILES string of the molecule is Cc1c(Nc2ccc(Nc3cccc(S(=O)(=O)O)c3C)c3c2C(=O)c2ccccc2C3=O)cccc1S(=O)(=O)[O-].[Na+]. The van der Waals surface area contributed by atoms with Gasteiger partial charge in [0.2, 0.25) is 0 Å². The second-order valence-electron chi connectivity index (χ2n) is 9.15. The Morgan fingerprint density at radius 3 is 1.44 bits per heavy atom. The number of benzene rings is 4. The summed E-state index contributed by atoms with van der Waals surface area (Å²) in [4.78, 5) is 26.8. The van der Waals surface area contributed by atoms with Crippen LogP contribution in [0.15, 0.2) is 82.6 Å². The topological polar surface area (TPSA) is 170 Å². The van der Waals surface area contributed by atoms with Gasteiger partial charge in [0.05, 0.1) is 32.3 Å². The van der Waals surface area contributed by atoms with Gasteiger partial charge in [-0.15, -0.1) is 0 Å². The van der Waals surface area contributed by atoms with Crippen molar-refractivity contribution in [3.8, 4) is 0 Å². The van der Waals surface area contributed by atoms with Crippen LogP contribution < -0.4 is 40.2 Å². The summed E-state index contributed by atoms with van der Waals surface area (Å²) in [6.07, 6.45) is 0. The van der Waals surface area contributed by atoms with Crippen LogP contribution in [0.4, 0.5) is 22.7 Å². The summed E-state index contributed by atoms with van der Waals surface area (Å²) in [6.45, 7) is 2.93. The molecular weight excluding hydrogens is 579 g/mol. The fraction of sp³-hybridized carbons (Fsp3) is 0.0714. The number of fused-ring (bicyclic) bond motifs is 2. The van der Waals surface area contributed by atoms with E-state index in [0.29, 0.717) is 0 Å². The number of nitrogens with one attached hydrogen (secondary N) is 2. The quantitative estimate of drug-likeness (QED) is 0.193. The third-order valence-electron chi connectivity index (χ3n) is 6.73. The van der Waals surface area contributed by atoms with Crippen molar-refractivity contribution in [2.75, 3.05) is 10.6 Å². The van der Waals surface area contributed by atoms with E-state index in [4.69, 9.17) is 0 Å². The summed E-state index contributed by atoms with van der Waals surface area (Å²) in [7, 11) is -9.29. The van der Waals surface area contributed by atoms with Gasteiger partial charge in [0, 0.05) is 22.5 Å². The van der Waals surface area contributed by atoms with Crippen LogP contribution in [0.1, 0.15) is 43.0 Å². The van der Waals surface area contributed by atoms with E-state index in [9.17, 15) is 35.5 Å². The van der Waals surface area contributed by atoms with E-state index in [2.05, 4.69) is 10.6 Å². The van der Waals surface area contributed by atoms with Crippen LogP contribution in [-0.2, 0) is 20.2 Å². The number of hydrogen-bond donors (Lipinski definition) is 3. The van der Waals surface area contributed by atoms with E-state index in [-0.39, 0.29) is 90.6 Å². The first kappa shape index (κ1) is 30.6. The third-order valence-corrected chi connectivity index (χ3v) is 8.71. The van der Waals surface area contributed by atoms with Crippen molar-refractivity contribution in [1.29, 1.82) is 0 Å². The van der Waals surface area contributed by atoms with E-state index < -0.39 is 36.7 Å². The van der Waals surface area contributed by atoms with Crippen molar-refractivity contribution in [3.05, 3.63) is 106 Å². The van der Waals surface area contributed by atoms with Crippen LogP contribution in [0, 0.1) is 13.8 Å². The first-order chi connectivity index (χ1) is 18.8. The van der Waals surface area contributed by atoms with E-state index in [0.717, 1.165) is 0 Å². The monoisotopic (exact) mass is 600 g/mol. The molecule has 4 aromatic carbocycles. The number of ketones is 2. The molecular formula is C28H21N2NaO8S2. The van der Waals surface area contributed by atoms with Gasteiger partial charge in [-0.3, -0.25) is 14.1 Å². The molecule has 1 aliphatic carbocycles. The predicted octanol–water partition coefficient (Wildman–Crippen LogP) is 1.72. The minimum atomic E-state index is -4.77. The number of rotatable bonds is 6. The zero-order valence-electron chi connectivity index (χ0n) is 22.0. The van der Waals surface area contributed by atoms with Crippen molar-refractivity contribution in [2.45, 2.75) is 23.6 Å². The summed E-state index contributed by atoms with van der Waals surface area (Å²) < 4.78 is 68.4. The minimum Gasteiger partial charge on any atom is -0.744 e. The van der Waals surface area contributed by atoms with Crippen molar-refractivity contribution >= 4 is 54.6 Å². The Morgan fingerprint density at radius 1 is 0.610 bits per heavy atom. The molecule has 4 aromatic rings. The van der Waals surface area contributed by atoms with Crippen LogP contribution >= 0.6 is 0 Å². The Morgan fingerprint density at radius 2 is 1.02 bits per heavy atom. The maximum absolute atomic E-state index is 13.8. The van der Waals surface area contributed by atoms with Gasteiger partial charge in [0.25, 0.3) is 10.1 Å². The molecule has 0 spiro atoms. The molecule has 3 N–H and O–H groups in total. The molecule has 10 nitrogen and oxygen atoms in total. The van der Waals surface area contributed by atoms with Gasteiger partial charge in [-0.2, -0.15) is 8.42 Å². The van der Waals surface area contributed by atoms with E-state index in [1.807, 2.05) is 0 Å². The zero-order valence-corrected chi connectivity index (χ0v) is 25.7. The predicted molar refractivity (Wildman–Crippen MR) is 146 cm³/mol. The number of anilines is 4. The average molecular weight is 601 g/mol. The molecule has 0 atom stereocenters. The normalized spacial score (nSPS) is 12.7.